The summed E-state index contributed by atoms with van der Waals surface area (Å²) >= 11 is 0. The lowest BCUT2D eigenvalue weighted by molar-refractivity contribution is 0.0318. The SMILES string of the molecule is Cc1ccc(C(=O)C(C)OC(=O)c2ccccc2-n2cnnn2)cc1C. The molecule has 0 aliphatic rings. The molecule has 0 aliphatic heterocycles. The monoisotopic (exact) mass is 350 g/mol. The first kappa shape index (κ1) is 17.5. The number of nitrogens with zero attached hydrogens (tertiary/aromatic N) is 4. The van der Waals surface area contributed by atoms with Crippen LogP contribution in [0.2, 0.25) is 0 Å². The summed E-state index contributed by atoms with van der Waals surface area (Å²) in [6.45, 7) is 5.48. The number of benzene rings is 2. The van der Waals surface area contributed by atoms with Gasteiger partial charge in [0.2, 0.25) is 5.78 Å². The standard InChI is InChI=1S/C19H18N4O3/c1-12-8-9-15(10-13(12)2)18(24)14(3)26-19(25)16-6-4-5-7-17(16)23-11-20-21-22-23/h4-11,14H,1-3H3. The molecular formula is C19H18N4O3. The Morgan fingerprint density at radius 3 is 2.54 bits per heavy atom. The second-order valence-electron chi connectivity index (χ2n) is 5.98. The molecule has 0 spiro atoms. The van der Waals surface area contributed by atoms with Crippen LogP contribution in [0.5, 0.6) is 0 Å². The summed E-state index contributed by atoms with van der Waals surface area (Å²) in [5, 5.41) is 10.9. The van der Waals surface area contributed by atoms with Gasteiger partial charge in [-0.3, -0.25) is 4.79 Å². The normalized spacial score (nSPS) is 11.8. The number of tetrazole rings is 1. The Morgan fingerprint density at radius 1 is 1.08 bits per heavy atom. The highest BCUT2D eigenvalue weighted by Gasteiger charge is 2.22. The fraction of sp³-hybridized carbons (Fsp3) is 0.211. The van der Waals surface area contributed by atoms with Gasteiger partial charge in [-0.1, -0.05) is 24.3 Å². The van der Waals surface area contributed by atoms with E-state index < -0.39 is 12.1 Å². The number of aromatic nitrogens is 4. The van der Waals surface area contributed by atoms with Crippen molar-refractivity contribution in [3.63, 3.8) is 0 Å². The Kier molecular flexibility index (Phi) is 4.88. The van der Waals surface area contributed by atoms with E-state index in [0.717, 1.165) is 11.1 Å². The summed E-state index contributed by atoms with van der Waals surface area (Å²) < 4.78 is 6.76. The van der Waals surface area contributed by atoms with E-state index in [1.54, 1.807) is 43.3 Å². The van der Waals surface area contributed by atoms with Gasteiger partial charge < -0.3 is 4.74 Å². The molecule has 0 radical (unpaired) electrons. The molecule has 0 saturated carbocycles. The molecule has 3 rings (SSSR count). The van der Waals surface area contributed by atoms with Gasteiger partial charge in [0.25, 0.3) is 0 Å². The predicted octanol–water partition coefficient (Wildman–Crippen LogP) is 2.71. The first-order valence-corrected chi connectivity index (χ1v) is 8.12. The van der Waals surface area contributed by atoms with E-state index in [9.17, 15) is 9.59 Å². The minimum absolute atomic E-state index is 0.249. The number of Topliss-reactive ketones (excluding diaryl/α,β-unsaturated/α-hetero) is 1. The first-order valence-electron chi connectivity index (χ1n) is 8.12. The summed E-state index contributed by atoms with van der Waals surface area (Å²) in [5.74, 6) is -0.859. The van der Waals surface area contributed by atoms with Crippen LogP contribution in [-0.4, -0.2) is 38.1 Å². The van der Waals surface area contributed by atoms with Crippen LogP contribution >= 0.6 is 0 Å². The molecule has 1 aromatic heterocycles. The molecule has 0 fully saturated rings. The van der Waals surface area contributed by atoms with Crippen molar-refractivity contribution in [3.05, 3.63) is 71.0 Å². The van der Waals surface area contributed by atoms with E-state index in [2.05, 4.69) is 15.5 Å². The van der Waals surface area contributed by atoms with Crippen LogP contribution in [0, 0.1) is 13.8 Å². The molecule has 1 unspecified atom stereocenters. The quantitative estimate of drug-likeness (QED) is 0.519. The fourth-order valence-electron chi connectivity index (χ4n) is 2.52. The zero-order valence-electron chi connectivity index (χ0n) is 14.7. The highest BCUT2D eigenvalue weighted by atomic mass is 16.5. The van der Waals surface area contributed by atoms with E-state index in [-0.39, 0.29) is 11.3 Å². The van der Waals surface area contributed by atoms with Gasteiger partial charge in [-0.25, -0.2) is 4.79 Å². The summed E-state index contributed by atoms with van der Waals surface area (Å²) in [5.41, 5.74) is 3.38. The number of esters is 1. The number of aryl methyl sites for hydroxylation is 2. The number of hydrogen-bond donors (Lipinski definition) is 0. The first-order chi connectivity index (χ1) is 12.5. The van der Waals surface area contributed by atoms with Gasteiger partial charge in [0.05, 0.1) is 11.3 Å². The minimum Gasteiger partial charge on any atom is -0.451 e. The number of carbonyl (C=O) groups excluding carboxylic acids is 2. The third-order valence-corrected chi connectivity index (χ3v) is 4.16. The molecular weight excluding hydrogens is 332 g/mol. The Hall–Kier alpha value is -3.35. The smallest absolute Gasteiger partial charge is 0.341 e. The van der Waals surface area contributed by atoms with E-state index in [0.29, 0.717) is 11.3 Å². The Morgan fingerprint density at radius 2 is 1.85 bits per heavy atom. The van der Waals surface area contributed by atoms with Crippen LogP contribution < -0.4 is 0 Å². The van der Waals surface area contributed by atoms with Crippen molar-refractivity contribution >= 4 is 11.8 Å². The van der Waals surface area contributed by atoms with Crippen molar-refractivity contribution in [2.75, 3.05) is 0 Å². The summed E-state index contributed by atoms with van der Waals surface area (Å²) in [7, 11) is 0. The third kappa shape index (κ3) is 3.51. The van der Waals surface area contributed by atoms with Crippen LogP contribution in [-0.2, 0) is 4.74 Å². The van der Waals surface area contributed by atoms with Gasteiger partial charge in [0.1, 0.15) is 6.33 Å². The van der Waals surface area contributed by atoms with Crippen molar-refractivity contribution in [1.29, 1.82) is 0 Å². The Balaban J connectivity index is 1.80. The lowest BCUT2D eigenvalue weighted by atomic mass is 10.0. The minimum atomic E-state index is -0.911. The molecule has 7 heteroatoms. The second-order valence-corrected chi connectivity index (χ2v) is 5.98. The van der Waals surface area contributed by atoms with Gasteiger partial charge in [-0.2, -0.15) is 4.68 Å². The van der Waals surface area contributed by atoms with Crippen LogP contribution in [0.4, 0.5) is 0 Å². The van der Waals surface area contributed by atoms with Crippen LogP contribution in [0.25, 0.3) is 5.69 Å². The van der Waals surface area contributed by atoms with E-state index >= 15 is 0 Å². The number of carbonyl (C=O) groups is 2. The van der Waals surface area contributed by atoms with E-state index in [4.69, 9.17) is 4.74 Å². The summed E-state index contributed by atoms with van der Waals surface area (Å²) in [4.78, 5) is 25.1. The maximum Gasteiger partial charge on any atom is 0.341 e. The third-order valence-electron chi connectivity index (χ3n) is 4.16. The number of ether oxygens (including phenoxy) is 1. The number of rotatable bonds is 5. The Labute approximate surface area is 150 Å². The molecule has 26 heavy (non-hydrogen) atoms. The zero-order valence-corrected chi connectivity index (χ0v) is 14.7. The van der Waals surface area contributed by atoms with Crippen molar-refractivity contribution < 1.29 is 14.3 Å². The van der Waals surface area contributed by atoms with Crippen molar-refractivity contribution in [3.8, 4) is 5.69 Å². The van der Waals surface area contributed by atoms with Crippen molar-refractivity contribution in [2.24, 2.45) is 0 Å². The van der Waals surface area contributed by atoms with Crippen molar-refractivity contribution in [1.82, 2.24) is 20.2 Å². The highest BCUT2D eigenvalue weighted by Crippen LogP contribution is 2.17. The number of para-hydroxylation sites is 1. The van der Waals surface area contributed by atoms with Gasteiger partial charge >= 0.3 is 5.97 Å². The van der Waals surface area contributed by atoms with Crippen LogP contribution in [0.3, 0.4) is 0 Å². The van der Waals surface area contributed by atoms with E-state index in [1.165, 1.54) is 11.0 Å². The Bertz CT molecular complexity index is 951. The average molecular weight is 350 g/mol. The number of ketones is 1. The molecule has 0 amide bonds. The van der Waals surface area contributed by atoms with Gasteiger partial charge in [0, 0.05) is 5.56 Å². The average Bonchev–Trinajstić information content (AvgIpc) is 3.18. The molecule has 1 atom stereocenters. The molecule has 0 saturated heterocycles. The molecule has 0 aliphatic carbocycles. The lowest BCUT2D eigenvalue weighted by Crippen LogP contribution is -2.25. The van der Waals surface area contributed by atoms with Gasteiger partial charge in [-0.15, -0.1) is 5.10 Å². The second kappa shape index (κ2) is 7.26. The molecule has 7 nitrogen and oxygen atoms in total. The van der Waals surface area contributed by atoms with Gasteiger partial charge in [0.15, 0.2) is 6.10 Å². The maximum atomic E-state index is 12.6. The largest absolute Gasteiger partial charge is 0.451 e. The van der Waals surface area contributed by atoms with Crippen LogP contribution in [0.1, 0.15) is 38.8 Å². The fourth-order valence-corrected chi connectivity index (χ4v) is 2.52. The maximum absolute atomic E-state index is 12.6. The van der Waals surface area contributed by atoms with Crippen LogP contribution in [0.15, 0.2) is 48.8 Å². The lowest BCUT2D eigenvalue weighted by Gasteiger charge is -2.14. The number of hydrogen-bond acceptors (Lipinski definition) is 6. The topological polar surface area (TPSA) is 87.0 Å². The molecule has 2 aromatic carbocycles. The van der Waals surface area contributed by atoms with E-state index in [1.807, 2.05) is 19.9 Å². The van der Waals surface area contributed by atoms with Gasteiger partial charge in [-0.05, 0) is 60.5 Å². The van der Waals surface area contributed by atoms with Crippen molar-refractivity contribution in [2.45, 2.75) is 26.9 Å². The molecule has 0 bridgehead atoms. The summed E-state index contributed by atoms with van der Waals surface area (Å²) in [6, 6.07) is 12.2. The highest BCUT2D eigenvalue weighted by molar-refractivity contribution is 6.02. The summed E-state index contributed by atoms with van der Waals surface area (Å²) in [6.07, 6.45) is 0.474. The zero-order chi connectivity index (χ0) is 18.7. The predicted molar refractivity (Wildman–Crippen MR) is 94.3 cm³/mol. The molecule has 1 heterocycles. The molecule has 0 N–H and O–H groups in total. The molecule has 132 valence electrons. The molecule has 3 aromatic rings.